The summed E-state index contributed by atoms with van der Waals surface area (Å²) in [5.74, 6) is -0.442. The van der Waals surface area contributed by atoms with Crippen LogP contribution in [0.1, 0.15) is 32.0 Å². The molecule has 3 aromatic rings. The van der Waals surface area contributed by atoms with Gasteiger partial charge in [0.05, 0.1) is 0 Å². The van der Waals surface area contributed by atoms with Gasteiger partial charge in [0.15, 0.2) is 10.5 Å². The van der Waals surface area contributed by atoms with E-state index in [-0.39, 0.29) is 18.2 Å². The number of hydrogen-bond acceptors (Lipinski definition) is 4. The van der Waals surface area contributed by atoms with Crippen LogP contribution in [-0.4, -0.2) is 11.8 Å². The normalized spacial score (nSPS) is 10.4. The van der Waals surface area contributed by atoms with Gasteiger partial charge in [-0.15, -0.1) is 0 Å². The standard InChI is InChI=1S/C19H13BrO4/c20-17-11-10-16(24-17)19(22)23-12-13-6-8-15(9-7-13)18(21)14-4-2-1-3-5-14/h1-11H,12H2. The quantitative estimate of drug-likeness (QED) is 0.475. The molecule has 0 aliphatic rings. The van der Waals surface area contributed by atoms with E-state index in [0.717, 1.165) is 5.56 Å². The lowest BCUT2D eigenvalue weighted by Gasteiger charge is -2.05. The fourth-order valence-corrected chi connectivity index (χ4v) is 2.46. The fourth-order valence-electron chi connectivity index (χ4n) is 2.15. The van der Waals surface area contributed by atoms with Crippen LogP contribution in [0.25, 0.3) is 0 Å². The summed E-state index contributed by atoms with van der Waals surface area (Å²) in [4.78, 5) is 24.1. The zero-order chi connectivity index (χ0) is 16.9. The Kier molecular flexibility index (Phi) is 4.91. The van der Waals surface area contributed by atoms with Crippen LogP contribution in [0.2, 0.25) is 0 Å². The van der Waals surface area contributed by atoms with Crippen molar-refractivity contribution in [2.24, 2.45) is 0 Å². The van der Waals surface area contributed by atoms with E-state index >= 15 is 0 Å². The Morgan fingerprint density at radius 1 is 0.875 bits per heavy atom. The van der Waals surface area contributed by atoms with Gasteiger partial charge >= 0.3 is 5.97 Å². The highest BCUT2D eigenvalue weighted by Crippen LogP contribution is 2.16. The molecule has 3 rings (SSSR count). The predicted octanol–water partition coefficient (Wildman–Crippen LogP) is 4.63. The maximum atomic E-state index is 12.3. The van der Waals surface area contributed by atoms with Crippen molar-refractivity contribution in [1.29, 1.82) is 0 Å². The molecule has 120 valence electrons. The Balaban J connectivity index is 1.62. The van der Waals surface area contributed by atoms with Gasteiger partial charge in [-0.1, -0.05) is 54.6 Å². The number of ketones is 1. The minimum Gasteiger partial charge on any atom is -0.455 e. The van der Waals surface area contributed by atoms with Crippen LogP contribution in [0.4, 0.5) is 0 Å². The van der Waals surface area contributed by atoms with E-state index in [1.54, 1.807) is 42.5 Å². The molecule has 2 aromatic carbocycles. The Morgan fingerprint density at radius 2 is 1.54 bits per heavy atom. The van der Waals surface area contributed by atoms with Gasteiger partial charge in [-0.25, -0.2) is 4.79 Å². The Morgan fingerprint density at radius 3 is 2.17 bits per heavy atom. The third-order valence-corrected chi connectivity index (χ3v) is 3.82. The van der Waals surface area contributed by atoms with Crippen LogP contribution < -0.4 is 0 Å². The molecule has 0 aliphatic heterocycles. The molecule has 0 saturated carbocycles. The number of hydrogen-bond donors (Lipinski definition) is 0. The van der Waals surface area contributed by atoms with Crippen LogP contribution in [0.15, 0.2) is 75.8 Å². The van der Waals surface area contributed by atoms with Crippen molar-refractivity contribution in [3.8, 4) is 0 Å². The van der Waals surface area contributed by atoms with E-state index in [1.807, 2.05) is 18.2 Å². The molecule has 0 unspecified atom stereocenters. The largest absolute Gasteiger partial charge is 0.455 e. The maximum Gasteiger partial charge on any atom is 0.374 e. The molecule has 0 saturated heterocycles. The summed E-state index contributed by atoms with van der Waals surface area (Å²) in [5, 5.41) is 0. The SMILES string of the molecule is O=C(c1ccccc1)c1ccc(COC(=O)c2ccc(Br)o2)cc1. The summed E-state index contributed by atoms with van der Waals surface area (Å²) in [6.45, 7) is 0.108. The number of rotatable bonds is 5. The van der Waals surface area contributed by atoms with Gasteiger partial charge in [-0.2, -0.15) is 0 Å². The van der Waals surface area contributed by atoms with Crippen molar-refractivity contribution in [3.05, 3.63) is 93.9 Å². The van der Waals surface area contributed by atoms with E-state index in [4.69, 9.17) is 9.15 Å². The molecule has 0 aliphatic carbocycles. The molecule has 1 aromatic heterocycles. The zero-order valence-electron chi connectivity index (χ0n) is 12.6. The van der Waals surface area contributed by atoms with Crippen molar-refractivity contribution in [3.63, 3.8) is 0 Å². The van der Waals surface area contributed by atoms with Crippen molar-refractivity contribution >= 4 is 27.7 Å². The second-order valence-electron chi connectivity index (χ2n) is 5.07. The third-order valence-electron chi connectivity index (χ3n) is 3.40. The lowest BCUT2D eigenvalue weighted by molar-refractivity contribution is 0.0434. The van der Waals surface area contributed by atoms with Gasteiger partial charge in [0.1, 0.15) is 6.61 Å². The number of carbonyl (C=O) groups is 2. The van der Waals surface area contributed by atoms with Gasteiger partial charge in [0.25, 0.3) is 0 Å². The first-order valence-corrected chi connectivity index (χ1v) is 8.04. The highest BCUT2D eigenvalue weighted by Gasteiger charge is 2.12. The second kappa shape index (κ2) is 7.27. The van der Waals surface area contributed by atoms with Crippen molar-refractivity contribution in [1.82, 2.24) is 0 Å². The highest BCUT2D eigenvalue weighted by molar-refractivity contribution is 9.10. The van der Waals surface area contributed by atoms with Crippen LogP contribution in [0.3, 0.4) is 0 Å². The smallest absolute Gasteiger partial charge is 0.374 e. The van der Waals surface area contributed by atoms with E-state index in [0.29, 0.717) is 15.8 Å². The summed E-state index contributed by atoms with van der Waals surface area (Å²) in [6, 6.07) is 19.2. The number of halogens is 1. The molecule has 0 spiro atoms. The molecule has 0 atom stereocenters. The molecule has 0 radical (unpaired) electrons. The number of carbonyl (C=O) groups excluding carboxylic acids is 2. The molecular weight excluding hydrogens is 372 g/mol. The van der Waals surface area contributed by atoms with Crippen LogP contribution in [-0.2, 0) is 11.3 Å². The molecule has 0 amide bonds. The minimum atomic E-state index is -0.537. The summed E-state index contributed by atoms with van der Waals surface area (Å²) in [6.07, 6.45) is 0. The average molecular weight is 385 g/mol. The summed E-state index contributed by atoms with van der Waals surface area (Å²) >= 11 is 3.13. The van der Waals surface area contributed by atoms with Crippen molar-refractivity contribution < 1.29 is 18.7 Å². The van der Waals surface area contributed by atoms with Crippen LogP contribution in [0, 0.1) is 0 Å². The van der Waals surface area contributed by atoms with Gasteiger partial charge < -0.3 is 9.15 Å². The fraction of sp³-hybridized carbons (Fsp3) is 0.0526. The van der Waals surface area contributed by atoms with E-state index in [1.165, 1.54) is 6.07 Å². The Hall–Kier alpha value is -2.66. The average Bonchev–Trinajstić information content (AvgIpc) is 3.07. The summed E-state index contributed by atoms with van der Waals surface area (Å²) in [5.41, 5.74) is 2.02. The molecule has 0 N–H and O–H groups in total. The van der Waals surface area contributed by atoms with Crippen molar-refractivity contribution in [2.75, 3.05) is 0 Å². The lowest BCUT2D eigenvalue weighted by Crippen LogP contribution is -2.05. The van der Waals surface area contributed by atoms with Crippen LogP contribution >= 0.6 is 15.9 Å². The zero-order valence-corrected chi connectivity index (χ0v) is 14.2. The predicted molar refractivity (Wildman–Crippen MR) is 91.8 cm³/mol. The van der Waals surface area contributed by atoms with Gasteiger partial charge in [-0.3, -0.25) is 4.79 Å². The molecular formula is C19H13BrO4. The summed E-state index contributed by atoms with van der Waals surface area (Å²) in [7, 11) is 0. The van der Waals surface area contributed by atoms with Crippen molar-refractivity contribution in [2.45, 2.75) is 6.61 Å². The Labute approximate surface area is 147 Å². The van der Waals surface area contributed by atoms with E-state index in [9.17, 15) is 9.59 Å². The number of ether oxygens (including phenoxy) is 1. The molecule has 24 heavy (non-hydrogen) atoms. The molecule has 1 heterocycles. The van der Waals surface area contributed by atoms with Gasteiger partial charge in [-0.05, 0) is 33.6 Å². The van der Waals surface area contributed by atoms with Gasteiger partial charge in [0.2, 0.25) is 5.76 Å². The maximum absolute atomic E-state index is 12.3. The monoisotopic (exact) mass is 384 g/mol. The van der Waals surface area contributed by atoms with E-state index in [2.05, 4.69) is 15.9 Å². The lowest BCUT2D eigenvalue weighted by atomic mass is 10.0. The first-order chi connectivity index (χ1) is 11.6. The summed E-state index contributed by atoms with van der Waals surface area (Å²) < 4.78 is 10.8. The number of esters is 1. The number of benzene rings is 2. The number of furan rings is 1. The van der Waals surface area contributed by atoms with E-state index < -0.39 is 5.97 Å². The topological polar surface area (TPSA) is 56.5 Å². The third kappa shape index (κ3) is 3.81. The highest BCUT2D eigenvalue weighted by atomic mass is 79.9. The van der Waals surface area contributed by atoms with Gasteiger partial charge in [0, 0.05) is 11.1 Å². The molecule has 4 nitrogen and oxygen atoms in total. The molecule has 5 heteroatoms. The first kappa shape index (κ1) is 16.2. The second-order valence-corrected chi connectivity index (χ2v) is 5.85. The van der Waals surface area contributed by atoms with Crippen LogP contribution in [0.5, 0.6) is 0 Å². The molecule has 0 bridgehead atoms. The Bertz CT molecular complexity index is 851. The minimum absolute atomic E-state index is 0.0421. The first-order valence-electron chi connectivity index (χ1n) is 7.24. The molecule has 0 fully saturated rings.